The Morgan fingerprint density at radius 2 is 2.00 bits per heavy atom. The number of hydrogen-bond acceptors (Lipinski definition) is 3. The molecule has 1 unspecified atom stereocenters. The van der Waals surface area contributed by atoms with Crippen LogP contribution in [0, 0.1) is 5.92 Å². The van der Waals surface area contributed by atoms with E-state index >= 15 is 0 Å². The van der Waals surface area contributed by atoms with Crippen LogP contribution in [-0.4, -0.2) is 29.5 Å². The van der Waals surface area contributed by atoms with Crippen LogP contribution in [0.15, 0.2) is 24.3 Å². The van der Waals surface area contributed by atoms with E-state index < -0.39 is 0 Å². The molecule has 0 bridgehead atoms. The molecule has 2 rings (SSSR count). The SMILES string of the molecule is COC(C)Cn1nc(CNCC(C)C)c2ccccc21. The Morgan fingerprint density at radius 3 is 2.70 bits per heavy atom. The van der Waals surface area contributed by atoms with E-state index in [0.717, 1.165) is 25.3 Å². The molecule has 0 saturated heterocycles. The molecule has 0 fully saturated rings. The van der Waals surface area contributed by atoms with Gasteiger partial charge in [-0.05, 0) is 25.5 Å². The van der Waals surface area contributed by atoms with Crippen LogP contribution in [0.2, 0.25) is 0 Å². The number of benzene rings is 1. The van der Waals surface area contributed by atoms with Gasteiger partial charge in [0.25, 0.3) is 0 Å². The molecule has 0 aliphatic rings. The van der Waals surface area contributed by atoms with Crippen LogP contribution in [-0.2, 0) is 17.8 Å². The lowest BCUT2D eigenvalue weighted by Gasteiger charge is -2.10. The van der Waals surface area contributed by atoms with Crippen molar-refractivity contribution >= 4 is 10.9 Å². The molecular formula is C16H25N3O. The van der Waals surface area contributed by atoms with Crippen LogP contribution in [0.1, 0.15) is 26.5 Å². The molecule has 0 aliphatic carbocycles. The van der Waals surface area contributed by atoms with Gasteiger partial charge in [0, 0.05) is 19.0 Å². The minimum Gasteiger partial charge on any atom is -0.380 e. The smallest absolute Gasteiger partial charge is 0.0841 e. The molecule has 1 aromatic carbocycles. The number of ether oxygens (including phenoxy) is 1. The van der Waals surface area contributed by atoms with Gasteiger partial charge in [-0.1, -0.05) is 32.0 Å². The van der Waals surface area contributed by atoms with Gasteiger partial charge < -0.3 is 10.1 Å². The normalized spacial score (nSPS) is 13.2. The van der Waals surface area contributed by atoms with Gasteiger partial charge in [0.05, 0.1) is 23.9 Å². The number of fused-ring (bicyclic) bond motifs is 1. The molecule has 0 spiro atoms. The number of methoxy groups -OCH3 is 1. The summed E-state index contributed by atoms with van der Waals surface area (Å²) in [7, 11) is 1.74. The Hall–Kier alpha value is -1.39. The van der Waals surface area contributed by atoms with E-state index in [9.17, 15) is 0 Å². The van der Waals surface area contributed by atoms with Gasteiger partial charge in [-0.15, -0.1) is 0 Å². The molecule has 110 valence electrons. The number of para-hydroxylation sites is 1. The van der Waals surface area contributed by atoms with Gasteiger partial charge in [0.1, 0.15) is 0 Å². The molecule has 4 heteroatoms. The van der Waals surface area contributed by atoms with E-state index in [-0.39, 0.29) is 6.10 Å². The molecule has 0 amide bonds. The third-order valence-corrected chi connectivity index (χ3v) is 3.41. The van der Waals surface area contributed by atoms with Crippen LogP contribution in [0.25, 0.3) is 10.9 Å². The van der Waals surface area contributed by atoms with Crippen molar-refractivity contribution in [2.75, 3.05) is 13.7 Å². The maximum absolute atomic E-state index is 5.35. The van der Waals surface area contributed by atoms with Gasteiger partial charge in [-0.2, -0.15) is 5.10 Å². The van der Waals surface area contributed by atoms with Gasteiger partial charge in [-0.25, -0.2) is 0 Å². The highest BCUT2D eigenvalue weighted by molar-refractivity contribution is 5.81. The van der Waals surface area contributed by atoms with Crippen LogP contribution in [0.3, 0.4) is 0 Å². The average Bonchev–Trinajstić information content (AvgIpc) is 2.77. The van der Waals surface area contributed by atoms with Crippen molar-refractivity contribution < 1.29 is 4.74 Å². The van der Waals surface area contributed by atoms with Crippen LogP contribution >= 0.6 is 0 Å². The molecule has 1 N–H and O–H groups in total. The summed E-state index contributed by atoms with van der Waals surface area (Å²) in [4.78, 5) is 0. The molecule has 0 aliphatic heterocycles. The largest absolute Gasteiger partial charge is 0.380 e. The lowest BCUT2D eigenvalue weighted by Crippen LogP contribution is -2.20. The van der Waals surface area contributed by atoms with Crippen molar-refractivity contribution in [3.8, 4) is 0 Å². The van der Waals surface area contributed by atoms with Crippen LogP contribution in [0.4, 0.5) is 0 Å². The maximum Gasteiger partial charge on any atom is 0.0841 e. The Balaban J connectivity index is 2.21. The molecule has 1 atom stereocenters. The first-order chi connectivity index (χ1) is 9.61. The quantitative estimate of drug-likeness (QED) is 0.844. The summed E-state index contributed by atoms with van der Waals surface area (Å²) < 4.78 is 7.40. The Morgan fingerprint density at radius 1 is 1.25 bits per heavy atom. The molecule has 0 saturated carbocycles. The average molecular weight is 275 g/mol. The fourth-order valence-corrected chi connectivity index (χ4v) is 2.26. The topological polar surface area (TPSA) is 39.1 Å². The summed E-state index contributed by atoms with van der Waals surface area (Å²) in [5.74, 6) is 0.650. The monoisotopic (exact) mass is 275 g/mol. The lowest BCUT2D eigenvalue weighted by atomic mass is 10.2. The zero-order valence-corrected chi connectivity index (χ0v) is 12.9. The zero-order chi connectivity index (χ0) is 14.5. The Labute approximate surface area is 121 Å². The van der Waals surface area contributed by atoms with E-state index in [1.54, 1.807) is 7.11 Å². The molecular weight excluding hydrogens is 250 g/mol. The first-order valence-corrected chi connectivity index (χ1v) is 7.29. The predicted octanol–water partition coefficient (Wildman–Crippen LogP) is 2.82. The number of hydrogen-bond donors (Lipinski definition) is 1. The van der Waals surface area contributed by atoms with Crippen LogP contribution < -0.4 is 5.32 Å². The molecule has 4 nitrogen and oxygen atoms in total. The van der Waals surface area contributed by atoms with Crippen molar-refractivity contribution in [2.45, 2.75) is 40.0 Å². The van der Waals surface area contributed by atoms with Gasteiger partial charge in [-0.3, -0.25) is 4.68 Å². The standard InChI is InChI=1S/C16H25N3O/c1-12(2)9-17-10-15-14-7-5-6-8-16(14)19(18-15)11-13(3)20-4/h5-8,12-13,17H,9-11H2,1-4H3. The third-order valence-electron chi connectivity index (χ3n) is 3.41. The first-order valence-electron chi connectivity index (χ1n) is 7.29. The third kappa shape index (κ3) is 3.58. The second-order valence-electron chi connectivity index (χ2n) is 5.72. The summed E-state index contributed by atoms with van der Waals surface area (Å²) in [6.45, 7) is 9.09. The van der Waals surface area contributed by atoms with E-state index in [1.807, 2.05) is 0 Å². The van der Waals surface area contributed by atoms with Crippen molar-refractivity contribution in [3.63, 3.8) is 0 Å². The molecule has 1 heterocycles. The van der Waals surface area contributed by atoms with Crippen molar-refractivity contribution in [2.24, 2.45) is 5.92 Å². The summed E-state index contributed by atoms with van der Waals surface area (Å²) in [6.07, 6.45) is 0.162. The number of rotatable bonds is 7. The summed E-state index contributed by atoms with van der Waals surface area (Å²) in [6, 6.07) is 8.39. The van der Waals surface area contributed by atoms with Crippen molar-refractivity contribution in [1.82, 2.24) is 15.1 Å². The zero-order valence-electron chi connectivity index (χ0n) is 12.9. The van der Waals surface area contributed by atoms with E-state index in [1.165, 1.54) is 10.9 Å². The minimum atomic E-state index is 0.162. The molecule has 2 aromatic rings. The van der Waals surface area contributed by atoms with Gasteiger partial charge >= 0.3 is 0 Å². The number of nitrogens with zero attached hydrogens (tertiary/aromatic N) is 2. The Bertz CT molecular complexity index is 548. The summed E-state index contributed by atoms with van der Waals surface area (Å²) >= 11 is 0. The predicted molar refractivity (Wildman–Crippen MR) is 82.7 cm³/mol. The minimum absolute atomic E-state index is 0.162. The second-order valence-corrected chi connectivity index (χ2v) is 5.72. The highest BCUT2D eigenvalue weighted by Gasteiger charge is 2.11. The lowest BCUT2D eigenvalue weighted by molar-refractivity contribution is 0.101. The van der Waals surface area contributed by atoms with Crippen LogP contribution in [0.5, 0.6) is 0 Å². The van der Waals surface area contributed by atoms with Crippen molar-refractivity contribution in [1.29, 1.82) is 0 Å². The van der Waals surface area contributed by atoms with E-state index in [2.05, 4.69) is 55.0 Å². The molecule has 1 aromatic heterocycles. The number of aromatic nitrogens is 2. The van der Waals surface area contributed by atoms with E-state index in [4.69, 9.17) is 9.84 Å². The van der Waals surface area contributed by atoms with E-state index in [0.29, 0.717) is 5.92 Å². The molecule has 20 heavy (non-hydrogen) atoms. The maximum atomic E-state index is 5.35. The fourth-order valence-electron chi connectivity index (χ4n) is 2.26. The molecule has 0 radical (unpaired) electrons. The highest BCUT2D eigenvalue weighted by atomic mass is 16.5. The number of nitrogens with one attached hydrogen (secondary N) is 1. The highest BCUT2D eigenvalue weighted by Crippen LogP contribution is 2.19. The van der Waals surface area contributed by atoms with Gasteiger partial charge in [0.15, 0.2) is 0 Å². The first kappa shape index (κ1) is 15.0. The second kappa shape index (κ2) is 6.86. The fraction of sp³-hybridized carbons (Fsp3) is 0.562. The summed E-state index contributed by atoms with van der Waals surface area (Å²) in [5.41, 5.74) is 2.29. The Kier molecular flexibility index (Phi) is 5.15. The summed E-state index contributed by atoms with van der Waals surface area (Å²) in [5, 5.41) is 9.44. The van der Waals surface area contributed by atoms with Crippen molar-refractivity contribution in [3.05, 3.63) is 30.0 Å². The van der Waals surface area contributed by atoms with Gasteiger partial charge in [0.2, 0.25) is 0 Å².